The molecule has 1 aromatic carbocycles. The van der Waals surface area contributed by atoms with E-state index in [-0.39, 0.29) is 12.5 Å². The van der Waals surface area contributed by atoms with Gasteiger partial charge in [0.25, 0.3) is 5.91 Å². The predicted octanol–water partition coefficient (Wildman–Crippen LogP) is 3.54. The Bertz CT molecular complexity index is 650. The Kier molecular flexibility index (Phi) is 4.87. The Balaban J connectivity index is 1.95. The number of alkyl halides is 3. The van der Waals surface area contributed by atoms with Gasteiger partial charge in [0.05, 0.1) is 16.5 Å². The fourth-order valence-electron chi connectivity index (χ4n) is 1.84. The highest BCUT2D eigenvalue weighted by Crippen LogP contribution is 2.29. The molecule has 0 bridgehead atoms. The van der Waals surface area contributed by atoms with E-state index in [1.807, 2.05) is 12.3 Å². The van der Waals surface area contributed by atoms with Crippen LogP contribution in [0.4, 0.5) is 13.2 Å². The minimum Gasteiger partial charge on any atom is -0.387 e. The van der Waals surface area contributed by atoms with Crippen molar-refractivity contribution in [1.82, 2.24) is 5.32 Å². The average Bonchev–Trinajstić information content (AvgIpc) is 2.90. The number of rotatable bonds is 4. The summed E-state index contributed by atoms with van der Waals surface area (Å²) in [5.41, 5.74) is 0.510. The number of thiophene rings is 1. The zero-order chi connectivity index (χ0) is 16.3. The highest BCUT2D eigenvalue weighted by Gasteiger charge is 2.30. The summed E-state index contributed by atoms with van der Waals surface area (Å²) in [6.45, 7) is 1.80. The molecule has 0 saturated carbocycles. The maximum atomic E-state index is 12.4. The molecule has 0 aliphatic heterocycles. The van der Waals surface area contributed by atoms with Gasteiger partial charge >= 0.3 is 6.18 Å². The summed E-state index contributed by atoms with van der Waals surface area (Å²) in [5, 5.41) is 14.3. The molecule has 0 radical (unpaired) electrons. The van der Waals surface area contributed by atoms with E-state index in [1.54, 1.807) is 6.07 Å². The van der Waals surface area contributed by atoms with Crippen LogP contribution >= 0.6 is 11.3 Å². The molecule has 1 aromatic heterocycles. The number of aliphatic hydroxyl groups excluding tert-OH is 1. The first kappa shape index (κ1) is 16.5. The molecule has 22 heavy (non-hydrogen) atoms. The van der Waals surface area contributed by atoms with Gasteiger partial charge in [-0.2, -0.15) is 13.2 Å². The number of amides is 1. The molecule has 0 aliphatic carbocycles. The highest BCUT2D eigenvalue weighted by atomic mass is 32.1. The summed E-state index contributed by atoms with van der Waals surface area (Å²) >= 11 is 1.29. The molecule has 1 amide bonds. The first-order valence-electron chi connectivity index (χ1n) is 6.46. The first-order chi connectivity index (χ1) is 10.3. The van der Waals surface area contributed by atoms with Crippen molar-refractivity contribution in [2.24, 2.45) is 0 Å². The average molecular weight is 329 g/mol. The van der Waals surface area contributed by atoms with Crippen LogP contribution in [-0.2, 0) is 6.18 Å². The summed E-state index contributed by atoms with van der Waals surface area (Å²) in [6, 6.07) is 5.94. The van der Waals surface area contributed by atoms with E-state index >= 15 is 0 Å². The number of aryl methyl sites for hydroxylation is 1. The lowest BCUT2D eigenvalue weighted by Gasteiger charge is -2.13. The van der Waals surface area contributed by atoms with Crippen molar-refractivity contribution in [2.45, 2.75) is 19.2 Å². The molecule has 118 valence electrons. The normalized spacial score (nSPS) is 13.0. The van der Waals surface area contributed by atoms with Crippen LogP contribution in [0.2, 0.25) is 0 Å². The van der Waals surface area contributed by atoms with Gasteiger partial charge in [0.1, 0.15) is 0 Å². The van der Waals surface area contributed by atoms with Gasteiger partial charge in [-0.3, -0.25) is 4.79 Å². The Morgan fingerprint density at radius 3 is 2.45 bits per heavy atom. The van der Waals surface area contributed by atoms with Crippen LogP contribution in [0.3, 0.4) is 0 Å². The number of aliphatic hydroxyl groups is 1. The molecule has 7 heteroatoms. The second-order valence-corrected chi connectivity index (χ2v) is 5.75. The third-order valence-electron chi connectivity index (χ3n) is 3.03. The SMILES string of the molecule is Cc1csc(C(=O)NC[C@@H](O)c2ccc(C(F)(F)F)cc2)c1. The Morgan fingerprint density at radius 1 is 1.32 bits per heavy atom. The zero-order valence-electron chi connectivity index (χ0n) is 11.6. The molecule has 1 atom stereocenters. The number of carbonyl (C=O) groups is 1. The van der Waals surface area contributed by atoms with Crippen molar-refractivity contribution in [3.8, 4) is 0 Å². The minimum atomic E-state index is -4.41. The minimum absolute atomic E-state index is 0.0683. The van der Waals surface area contributed by atoms with Crippen LogP contribution in [0.15, 0.2) is 35.7 Å². The van der Waals surface area contributed by atoms with E-state index < -0.39 is 17.8 Å². The fourth-order valence-corrected chi connectivity index (χ4v) is 2.65. The number of nitrogens with one attached hydrogen (secondary N) is 1. The van der Waals surface area contributed by atoms with Crippen molar-refractivity contribution >= 4 is 17.2 Å². The molecule has 1 heterocycles. The van der Waals surface area contributed by atoms with Crippen LogP contribution < -0.4 is 5.32 Å². The number of halogens is 3. The van der Waals surface area contributed by atoms with Crippen LogP contribution in [0, 0.1) is 6.92 Å². The molecule has 2 aromatic rings. The summed E-state index contributed by atoms with van der Waals surface area (Å²) in [4.78, 5) is 12.3. The van der Waals surface area contributed by atoms with Crippen LogP contribution in [0.5, 0.6) is 0 Å². The maximum Gasteiger partial charge on any atom is 0.416 e. The van der Waals surface area contributed by atoms with Gasteiger partial charge < -0.3 is 10.4 Å². The predicted molar refractivity (Wildman–Crippen MR) is 77.8 cm³/mol. The topological polar surface area (TPSA) is 49.3 Å². The number of carbonyl (C=O) groups excluding carboxylic acids is 1. The van der Waals surface area contributed by atoms with E-state index in [0.717, 1.165) is 17.7 Å². The van der Waals surface area contributed by atoms with E-state index in [4.69, 9.17) is 0 Å². The van der Waals surface area contributed by atoms with Crippen molar-refractivity contribution in [3.05, 3.63) is 57.3 Å². The molecule has 3 nitrogen and oxygen atoms in total. The maximum absolute atomic E-state index is 12.4. The summed E-state index contributed by atoms with van der Waals surface area (Å²) in [5.74, 6) is -0.316. The molecule has 0 spiro atoms. The third-order valence-corrected chi connectivity index (χ3v) is 4.08. The summed E-state index contributed by atoms with van der Waals surface area (Å²) in [6.07, 6.45) is -5.47. The van der Waals surface area contributed by atoms with E-state index in [1.165, 1.54) is 23.5 Å². The van der Waals surface area contributed by atoms with Crippen LogP contribution in [0.25, 0.3) is 0 Å². The van der Waals surface area contributed by atoms with Gasteiger partial charge in [0.2, 0.25) is 0 Å². The van der Waals surface area contributed by atoms with Crippen molar-refractivity contribution in [2.75, 3.05) is 6.54 Å². The lowest BCUT2D eigenvalue weighted by molar-refractivity contribution is -0.137. The fraction of sp³-hybridized carbons (Fsp3) is 0.267. The van der Waals surface area contributed by atoms with Gasteiger partial charge in [0.15, 0.2) is 0 Å². The summed E-state index contributed by atoms with van der Waals surface area (Å²) < 4.78 is 37.3. The molecule has 0 unspecified atom stereocenters. The molecule has 0 aliphatic rings. The van der Waals surface area contributed by atoms with Gasteiger partial charge in [-0.05, 0) is 41.6 Å². The third kappa shape index (κ3) is 4.08. The van der Waals surface area contributed by atoms with Crippen molar-refractivity contribution in [3.63, 3.8) is 0 Å². The quantitative estimate of drug-likeness (QED) is 0.901. The monoisotopic (exact) mass is 329 g/mol. The number of hydrogen-bond donors (Lipinski definition) is 2. The molecular weight excluding hydrogens is 315 g/mol. The molecule has 0 saturated heterocycles. The lowest BCUT2D eigenvalue weighted by atomic mass is 10.1. The number of hydrogen-bond acceptors (Lipinski definition) is 3. The van der Waals surface area contributed by atoms with Gasteiger partial charge in [0, 0.05) is 6.54 Å². The largest absolute Gasteiger partial charge is 0.416 e. The van der Waals surface area contributed by atoms with E-state index in [0.29, 0.717) is 10.4 Å². The van der Waals surface area contributed by atoms with E-state index in [9.17, 15) is 23.1 Å². The smallest absolute Gasteiger partial charge is 0.387 e. The Labute approximate surface area is 129 Å². The second-order valence-electron chi connectivity index (χ2n) is 4.83. The Hall–Kier alpha value is -1.86. The zero-order valence-corrected chi connectivity index (χ0v) is 12.5. The van der Waals surface area contributed by atoms with Crippen LogP contribution in [0.1, 0.15) is 32.5 Å². The number of benzene rings is 1. The highest BCUT2D eigenvalue weighted by molar-refractivity contribution is 7.12. The Morgan fingerprint density at radius 2 is 1.95 bits per heavy atom. The second kappa shape index (κ2) is 6.50. The first-order valence-corrected chi connectivity index (χ1v) is 7.34. The molecule has 2 N–H and O–H groups in total. The van der Waals surface area contributed by atoms with Gasteiger partial charge in [-0.15, -0.1) is 11.3 Å². The van der Waals surface area contributed by atoms with E-state index in [2.05, 4.69) is 5.32 Å². The lowest BCUT2D eigenvalue weighted by Crippen LogP contribution is -2.27. The molecule has 2 rings (SSSR count). The van der Waals surface area contributed by atoms with Crippen LogP contribution in [-0.4, -0.2) is 17.6 Å². The molecular formula is C15H14F3NO2S. The van der Waals surface area contributed by atoms with Gasteiger partial charge in [-0.1, -0.05) is 12.1 Å². The van der Waals surface area contributed by atoms with Crippen molar-refractivity contribution < 1.29 is 23.1 Å². The van der Waals surface area contributed by atoms with Gasteiger partial charge in [-0.25, -0.2) is 0 Å². The van der Waals surface area contributed by atoms with Crippen molar-refractivity contribution in [1.29, 1.82) is 0 Å². The molecule has 0 fully saturated rings. The standard InChI is InChI=1S/C15H14F3NO2S/c1-9-6-13(22-8-9)14(21)19-7-12(20)10-2-4-11(5-3-10)15(16,17)18/h2-6,8,12,20H,7H2,1H3,(H,19,21)/t12-/m1/s1. The summed E-state index contributed by atoms with van der Waals surface area (Å²) in [7, 11) is 0.